The lowest BCUT2D eigenvalue weighted by Gasteiger charge is -2.21. The highest BCUT2D eigenvalue weighted by Gasteiger charge is 2.08. The predicted octanol–water partition coefficient (Wildman–Crippen LogP) is 4.70. The van der Waals surface area contributed by atoms with Crippen molar-refractivity contribution >= 4 is 5.91 Å². The quantitative estimate of drug-likeness (QED) is 0.692. The van der Waals surface area contributed by atoms with Gasteiger partial charge in [0.15, 0.2) is 0 Å². The van der Waals surface area contributed by atoms with E-state index in [1.54, 1.807) is 24.0 Å². The second-order valence-corrected chi connectivity index (χ2v) is 3.94. The first-order valence-corrected chi connectivity index (χ1v) is 7.95. The zero-order chi connectivity index (χ0) is 17.3. The van der Waals surface area contributed by atoms with Crippen LogP contribution in [0.5, 0.6) is 0 Å². The molecule has 0 radical (unpaired) electrons. The van der Waals surface area contributed by atoms with Crippen LogP contribution in [0.25, 0.3) is 0 Å². The number of carbonyl (C=O) groups excluding carboxylic acids is 1. The number of amides is 1. The lowest BCUT2D eigenvalue weighted by molar-refractivity contribution is -0.127. The number of nitrogens with zero attached hydrogens (tertiary/aromatic N) is 1. The average Bonchev–Trinajstić information content (AvgIpc) is 2.52. The van der Waals surface area contributed by atoms with Gasteiger partial charge < -0.3 is 10.0 Å². The fourth-order valence-electron chi connectivity index (χ4n) is 1.40. The van der Waals surface area contributed by atoms with Crippen molar-refractivity contribution in [1.82, 2.24) is 4.90 Å². The molecule has 0 aromatic heterocycles. The van der Waals surface area contributed by atoms with Crippen molar-refractivity contribution in [3.8, 4) is 0 Å². The van der Waals surface area contributed by atoms with Crippen molar-refractivity contribution in [2.45, 2.75) is 61.3 Å². The molecular formula is C18H35NO2. The molecule has 0 aromatic rings. The summed E-state index contributed by atoms with van der Waals surface area (Å²) in [6, 6.07) is 0. The van der Waals surface area contributed by atoms with Gasteiger partial charge in [-0.3, -0.25) is 4.79 Å². The second kappa shape index (κ2) is 18.7. The van der Waals surface area contributed by atoms with Gasteiger partial charge in [-0.25, -0.2) is 0 Å². The molecular weight excluding hydrogens is 262 g/mol. The van der Waals surface area contributed by atoms with Gasteiger partial charge in [-0.15, -0.1) is 0 Å². The van der Waals surface area contributed by atoms with E-state index in [1.165, 1.54) is 0 Å². The second-order valence-electron chi connectivity index (χ2n) is 3.94. The summed E-state index contributed by atoms with van der Waals surface area (Å²) < 4.78 is 0. The van der Waals surface area contributed by atoms with Gasteiger partial charge in [0.05, 0.1) is 6.61 Å². The van der Waals surface area contributed by atoms with E-state index in [-0.39, 0.29) is 12.5 Å². The smallest absolute Gasteiger partial charge is 0.223 e. The molecule has 0 bridgehead atoms. The minimum atomic E-state index is -0.0394. The number of allylic oxidation sites excluding steroid dienone is 3. The van der Waals surface area contributed by atoms with Crippen LogP contribution in [0.3, 0.4) is 0 Å². The third-order valence-electron chi connectivity index (χ3n) is 2.52. The Labute approximate surface area is 132 Å². The van der Waals surface area contributed by atoms with Crippen molar-refractivity contribution < 1.29 is 9.90 Å². The highest BCUT2D eigenvalue weighted by Crippen LogP contribution is 2.08. The van der Waals surface area contributed by atoms with E-state index in [0.29, 0.717) is 0 Å². The minimum Gasteiger partial charge on any atom is -0.392 e. The molecule has 3 heteroatoms. The van der Waals surface area contributed by atoms with E-state index in [9.17, 15) is 4.79 Å². The molecule has 0 saturated heterocycles. The SMILES string of the molecule is C=C/C(=C\C=C(/C)N(CCCC)C(C)=O)CO.CC.CC. The Kier molecular flexibility index (Phi) is 21.9. The van der Waals surface area contributed by atoms with Gasteiger partial charge in [0.2, 0.25) is 5.91 Å². The number of rotatable bonds is 7. The standard InChI is InChI=1S/C14H23NO2.2C2H6/c1-5-7-10-15(13(4)17)12(3)8-9-14(6-2)11-16;2*1-2/h6,8-9,16H,2,5,7,10-11H2,1,3-4H3;2*1-2H3/b12-8+,14-9+;;. The zero-order valence-corrected chi connectivity index (χ0v) is 15.1. The number of unbranched alkanes of at least 4 members (excludes halogenated alkanes) is 1. The predicted molar refractivity (Wildman–Crippen MR) is 94.1 cm³/mol. The fraction of sp³-hybridized carbons (Fsp3) is 0.611. The van der Waals surface area contributed by atoms with Crippen LogP contribution in [0.2, 0.25) is 0 Å². The summed E-state index contributed by atoms with van der Waals surface area (Å²) in [4.78, 5) is 13.2. The molecule has 21 heavy (non-hydrogen) atoms. The van der Waals surface area contributed by atoms with Crippen LogP contribution < -0.4 is 0 Å². The molecule has 1 N–H and O–H groups in total. The summed E-state index contributed by atoms with van der Waals surface area (Å²) in [5, 5.41) is 8.98. The van der Waals surface area contributed by atoms with Crippen LogP contribution in [0, 0.1) is 0 Å². The number of hydrogen-bond donors (Lipinski definition) is 1. The number of carbonyl (C=O) groups is 1. The summed E-state index contributed by atoms with van der Waals surface area (Å²) in [6.45, 7) is 17.9. The summed E-state index contributed by atoms with van der Waals surface area (Å²) >= 11 is 0. The third kappa shape index (κ3) is 13.4. The largest absolute Gasteiger partial charge is 0.392 e. The van der Waals surface area contributed by atoms with E-state index >= 15 is 0 Å². The van der Waals surface area contributed by atoms with Gasteiger partial charge in [-0.05, 0) is 25.0 Å². The lowest BCUT2D eigenvalue weighted by Crippen LogP contribution is -2.27. The van der Waals surface area contributed by atoms with Crippen LogP contribution in [-0.4, -0.2) is 29.1 Å². The molecule has 0 heterocycles. The highest BCUT2D eigenvalue weighted by molar-refractivity contribution is 5.75. The normalized spacial score (nSPS) is 10.7. The molecule has 0 rings (SSSR count). The number of aliphatic hydroxyl groups excluding tert-OH is 1. The van der Waals surface area contributed by atoms with Gasteiger partial charge >= 0.3 is 0 Å². The molecule has 0 atom stereocenters. The Hall–Kier alpha value is -1.35. The number of hydrogen-bond acceptors (Lipinski definition) is 2. The summed E-state index contributed by atoms with van der Waals surface area (Å²) in [5.41, 5.74) is 1.63. The lowest BCUT2D eigenvalue weighted by atomic mass is 10.2. The molecule has 0 unspecified atom stereocenters. The van der Waals surface area contributed by atoms with Gasteiger partial charge in [0.1, 0.15) is 0 Å². The Morgan fingerprint density at radius 2 is 1.67 bits per heavy atom. The Morgan fingerprint density at radius 1 is 1.14 bits per heavy atom. The molecule has 0 aliphatic heterocycles. The van der Waals surface area contributed by atoms with Gasteiger partial charge in [-0.1, -0.05) is 59.8 Å². The molecule has 0 spiro atoms. The Bertz CT molecular complexity index is 317. The summed E-state index contributed by atoms with van der Waals surface area (Å²) in [5.74, 6) is 0.0461. The van der Waals surface area contributed by atoms with Crippen LogP contribution in [-0.2, 0) is 4.79 Å². The molecule has 0 aromatic carbocycles. The van der Waals surface area contributed by atoms with Gasteiger partial charge in [0.25, 0.3) is 0 Å². The van der Waals surface area contributed by atoms with Crippen LogP contribution in [0.4, 0.5) is 0 Å². The monoisotopic (exact) mass is 297 g/mol. The van der Waals surface area contributed by atoms with Gasteiger partial charge in [0, 0.05) is 19.2 Å². The molecule has 0 fully saturated rings. The number of aliphatic hydroxyl groups is 1. The maximum Gasteiger partial charge on any atom is 0.223 e. The van der Waals surface area contributed by atoms with E-state index in [4.69, 9.17) is 5.11 Å². The topological polar surface area (TPSA) is 40.5 Å². The zero-order valence-electron chi connectivity index (χ0n) is 15.1. The third-order valence-corrected chi connectivity index (χ3v) is 2.52. The van der Waals surface area contributed by atoms with Crippen LogP contribution in [0.1, 0.15) is 61.3 Å². The average molecular weight is 297 g/mol. The summed E-state index contributed by atoms with van der Waals surface area (Å²) in [7, 11) is 0. The van der Waals surface area contributed by atoms with Crippen molar-refractivity contribution in [1.29, 1.82) is 0 Å². The maximum absolute atomic E-state index is 11.5. The highest BCUT2D eigenvalue weighted by atomic mass is 16.3. The first-order chi connectivity index (χ1) is 10.1. The van der Waals surface area contributed by atoms with E-state index in [0.717, 1.165) is 30.7 Å². The van der Waals surface area contributed by atoms with Crippen molar-refractivity contribution in [2.24, 2.45) is 0 Å². The summed E-state index contributed by atoms with van der Waals surface area (Å²) in [6.07, 6.45) is 7.27. The Balaban J connectivity index is -0.000000739. The maximum atomic E-state index is 11.5. The van der Waals surface area contributed by atoms with E-state index < -0.39 is 0 Å². The van der Waals surface area contributed by atoms with Gasteiger partial charge in [-0.2, -0.15) is 0 Å². The minimum absolute atomic E-state index is 0.0394. The Morgan fingerprint density at radius 3 is 2.00 bits per heavy atom. The van der Waals surface area contributed by atoms with Crippen molar-refractivity contribution in [2.75, 3.05) is 13.2 Å². The van der Waals surface area contributed by atoms with E-state index in [1.807, 2.05) is 40.7 Å². The van der Waals surface area contributed by atoms with Crippen LogP contribution in [0.15, 0.2) is 36.1 Å². The fourth-order valence-corrected chi connectivity index (χ4v) is 1.40. The molecule has 3 nitrogen and oxygen atoms in total. The van der Waals surface area contributed by atoms with Crippen LogP contribution >= 0.6 is 0 Å². The van der Waals surface area contributed by atoms with Crippen molar-refractivity contribution in [3.63, 3.8) is 0 Å². The molecule has 124 valence electrons. The van der Waals surface area contributed by atoms with Crippen molar-refractivity contribution in [3.05, 3.63) is 36.1 Å². The molecule has 1 amide bonds. The molecule has 0 aliphatic rings. The van der Waals surface area contributed by atoms with E-state index in [2.05, 4.69) is 13.5 Å². The first kappa shape index (κ1) is 24.7. The molecule has 0 aliphatic carbocycles. The molecule has 0 saturated carbocycles. The first-order valence-electron chi connectivity index (χ1n) is 7.95.